The fourth-order valence-corrected chi connectivity index (χ4v) is 13.1. The molecular formula is C76H69BN2. The molecule has 12 aromatic carbocycles. The lowest BCUT2D eigenvalue weighted by atomic mass is 9.33. The molecule has 0 bridgehead atoms. The topological polar surface area (TPSA) is 6.48 Å². The van der Waals surface area contributed by atoms with Crippen LogP contribution in [0.5, 0.6) is 0 Å². The number of rotatable bonds is 3. The summed E-state index contributed by atoms with van der Waals surface area (Å²) in [5.41, 5.74) is 18.5. The van der Waals surface area contributed by atoms with Crippen LogP contribution in [-0.2, 0) is 21.7 Å². The zero-order valence-corrected chi connectivity index (χ0v) is 48.0. The average molecular weight is 1020 g/mol. The van der Waals surface area contributed by atoms with E-state index in [2.05, 4.69) is 293 Å². The average Bonchev–Trinajstić information content (AvgIpc) is 3.61. The molecule has 14 rings (SSSR count). The highest BCUT2D eigenvalue weighted by Gasteiger charge is 2.45. The standard InChI is InChI=1S/C76H69BN2/c1-73(2,3)56-38-57(74(4,5)6)41-60(40-56)78-68-44-64-52(29-25-46-19-15-17-23-62(46)64)34-66(68)77-67-35-53-30-26-47-20-16-18-24-63(47)65(53)45-69(67)79(61-42-58(75(7,8)9)39-59(43-61)76(10,11)12)71-37-55(36-70(78)72(71)77)51-28-27-50-31-48-21-13-14-22-49(48)32-54(50)33-51/h13-45H,1-12H3. The van der Waals surface area contributed by atoms with Gasteiger partial charge in [0, 0.05) is 34.1 Å². The molecule has 2 aliphatic rings. The second-order valence-electron chi connectivity index (χ2n) is 27.2. The van der Waals surface area contributed by atoms with Crippen LogP contribution >= 0.6 is 0 Å². The predicted octanol–water partition coefficient (Wildman–Crippen LogP) is 19.5. The smallest absolute Gasteiger partial charge is 0.252 e. The molecule has 0 saturated heterocycles. The predicted molar refractivity (Wildman–Crippen MR) is 346 cm³/mol. The van der Waals surface area contributed by atoms with Gasteiger partial charge in [0.05, 0.1) is 0 Å². The summed E-state index contributed by atoms with van der Waals surface area (Å²) in [6.45, 7) is 28.3. The molecule has 0 atom stereocenters. The second kappa shape index (κ2) is 17.2. The second-order valence-corrected chi connectivity index (χ2v) is 27.2. The fraction of sp³-hybridized carbons (Fsp3) is 0.211. The normalized spacial score (nSPS) is 13.7. The van der Waals surface area contributed by atoms with Crippen molar-refractivity contribution in [2.45, 2.75) is 105 Å². The van der Waals surface area contributed by atoms with Crippen molar-refractivity contribution in [2.24, 2.45) is 0 Å². The van der Waals surface area contributed by atoms with Gasteiger partial charge in [-0.2, -0.15) is 0 Å². The van der Waals surface area contributed by atoms with Crippen molar-refractivity contribution in [3.05, 3.63) is 222 Å². The Labute approximate surface area is 467 Å². The van der Waals surface area contributed by atoms with Gasteiger partial charge >= 0.3 is 0 Å². The number of hydrogen-bond acceptors (Lipinski definition) is 2. The molecule has 2 heterocycles. The van der Waals surface area contributed by atoms with E-state index in [4.69, 9.17) is 0 Å². The van der Waals surface area contributed by atoms with E-state index in [9.17, 15) is 0 Å². The molecule has 79 heavy (non-hydrogen) atoms. The van der Waals surface area contributed by atoms with Crippen LogP contribution < -0.4 is 26.2 Å². The van der Waals surface area contributed by atoms with Crippen LogP contribution in [0.3, 0.4) is 0 Å². The SMILES string of the molecule is CC(C)(C)c1cc(N2c3cc4c(ccc5ccccc54)cc3B3c4cc5ccc6ccccc6c5cc4N(c4cc(C(C)(C)C)cc(C(C)(C)C)c4)c4cc(-c5ccc6cc7ccccc7cc6c5)cc2c43)cc(C(C)(C)C)c1. The first-order valence-electron chi connectivity index (χ1n) is 28.6. The molecule has 2 aliphatic heterocycles. The Balaban J connectivity index is 1.17. The molecule has 0 fully saturated rings. The van der Waals surface area contributed by atoms with Crippen molar-refractivity contribution in [1.82, 2.24) is 0 Å². The fourth-order valence-electron chi connectivity index (χ4n) is 13.1. The maximum absolute atomic E-state index is 2.68. The third-order valence-electron chi connectivity index (χ3n) is 17.6. The van der Waals surface area contributed by atoms with E-state index in [1.165, 1.54) is 149 Å². The lowest BCUT2D eigenvalue weighted by molar-refractivity contribution is 0.568. The van der Waals surface area contributed by atoms with E-state index in [1.807, 2.05) is 0 Å². The zero-order valence-electron chi connectivity index (χ0n) is 48.0. The largest absolute Gasteiger partial charge is 0.311 e. The van der Waals surface area contributed by atoms with Gasteiger partial charge in [0.1, 0.15) is 0 Å². The van der Waals surface area contributed by atoms with Crippen molar-refractivity contribution >= 4 is 122 Å². The van der Waals surface area contributed by atoms with E-state index < -0.39 is 0 Å². The molecule has 0 unspecified atom stereocenters. The number of hydrogen-bond donors (Lipinski definition) is 0. The Bertz CT molecular complexity index is 4260. The summed E-state index contributed by atoms with van der Waals surface area (Å²) in [7, 11) is 0. The van der Waals surface area contributed by atoms with E-state index >= 15 is 0 Å². The van der Waals surface area contributed by atoms with Crippen molar-refractivity contribution in [2.75, 3.05) is 9.80 Å². The quantitative estimate of drug-likeness (QED) is 0.0989. The molecule has 0 N–H and O–H groups in total. The lowest BCUT2D eigenvalue weighted by Gasteiger charge is -2.45. The van der Waals surface area contributed by atoms with Crippen LogP contribution in [0.1, 0.15) is 105 Å². The van der Waals surface area contributed by atoms with Crippen LogP contribution in [0.15, 0.2) is 200 Å². The summed E-state index contributed by atoms with van der Waals surface area (Å²) < 4.78 is 0. The Morgan fingerprint density at radius 3 is 1.06 bits per heavy atom. The molecule has 0 amide bonds. The molecule has 0 aromatic heterocycles. The maximum Gasteiger partial charge on any atom is 0.252 e. The van der Waals surface area contributed by atoms with Gasteiger partial charge in [-0.3, -0.25) is 0 Å². The first-order chi connectivity index (χ1) is 37.6. The third-order valence-corrected chi connectivity index (χ3v) is 17.6. The van der Waals surface area contributed by atoms with Gasteiger partial charge in [0.2, 0.25) is 0 Å². The Morgan fingerprint density at radius 2 is 0.633 bits per heavy atom. The van der Waals surface area contributed by atoms with Crippen LogP contribution in [0.4, 0.5) is 34.1 Å². The summed E-state index contributed by atoms with van der Waals surface area (Å²) in [6.07, 6.45) is 0. The molecule has 0 radical (unpaired) electrons. The molecule has 0 aliphatic carbocycles. The third kappa shape index (κ3) is 8.06. The summed E-state index contributed by atoms with van der Waals surface area (Å²) in [6, 6.07) is 78.1. The van der Waals surface area contributed by atoms with Gasteiger partial charge in [-0.1, -0.05) is 217 Å². The van der Waals surface area contributed by atoms with Crippen molar-refractivity contribution in [3.8, 4) is 11.1 Å². The van der Waals surface area contributed by atoms with E-state index in [0.717, 1.165) is 0 Å². The van der Waals surface area contributed by atoms with E-state index in [0.29, 0.717) is 0 Å². The molecular weight excluding hydrogens is 952 g/mol. The van der Waals surface area contributed by atoms with Gasteiger partial charge < -0.3 is 9.80 Å². The minimum absolute atomic E-state index is 0.0907. The van der Waals surface area contributed by atoms with Gasteiger partial charge in [0.15, 0.2) is 0 Å². The van der Waals surface area contributed by atoms with Gasteiger partial charge in [0.25, 0.3) is 6.71 Å². The van der Waals surface area contributed by atoms with Gasteiger partial charge in [-0.25, -0.2) is 0 Å². The van der Waals surface area contributed by atoms with Crippen LogP contribution in [0.2, 0.25) is 0 Å². The van der Waals surface area contributed by atoms with Crippen molar-refractivity contribution in [3.63, 3.8) is 0 Å². The number of fused-ring (bicyclic) bond motifs is 12. The summed E-state index contributed by atoms with van der Waals surface area (Å²) in [4.78, 5) is 5.36. The lowest BCUT2D eigenvalue weighted by Crippen LogP contribution is -2.61. The number of benzene rings is 12. The molecule has 0 saturated carbocycles. The summed E-state index contributed by atoms with van der Waals surface area (Å²) in [5, 5.41) is 15.1. The highest BCUT2D eigenvalue weighted by atomic mass is 15.2. The molecule has 2 nitrogen and oxygen atoms in total. The zero-order chi connectivity index (χ0) is 54.7. The molecule has 3 heteroatoms. The van der Waals surface area contributed by atoms with Crippen molar-refractivity contribution in [1.29, 1.82) is 0 Å². The van der Waals surface area contributed by atoms with Gasteiger partial charge in [-0.15, -0.1) is 0 Å². The van der Waals surface area contributed by atoms with E-state index in [-0.39, 0.29) is 28.4 Å². The minimum atomic E-state index is -0.100. The Morgan fingerprint density at radius 1 is 0.266 bits per heavy atom. The first kappa shape index (κ1) is 49.2. The van der Waals surface area contributed by atoms with Crippen LogP contribution in [0.25, 0.3) is 75.8 Å². The molecule has 12 aromatic rings. The van der Waals surface area contributed by atoms with Gasteiger partial charge in [-0.05, 0) is 203 Å². The Kier molecular flexibility index (Phi) is 10.7. The maximum atomic E-state index is 2.68. The van der Waals surface area contributed by atoms with Crippen LogP contribution in [0, 0.1) is 0 Å². The monoisotopic (exact) mass is 1020 g/mol. The molecule has 0 spiro atoms. The van der Waals surface area contributed by atoms with Crippen molar-refractivity contribution < 1.29 is 0 Å². The summed E-state index contributed by atoms with van der Waals surface area (Å²) in [5.74, 6) is 0. The number of nitrogens with zero attached hydrogens (tertiary/aromatic N) is 2. The van der Waals surface area contributed by atoms with Crippen LogP contribution in [-0.4, -0.2) is 6.71 Å². The Hall–Kier alpha value is -8.14. The molecule has 386 valence electrons. The summed E-state index contributed by atoms with van der Waals surface area (Å²) >= 11 is 0. The highest BCUT2D eigenvalue weighted by molar-refractivity contribution is 7.00. The number of anilines is 6. The minimum Gasteiger partial charge on any atom is -0.311 e. The van der Waals surface area contributed by atoms with E-state index in [1.54, 1.807) is 0 Å². The first-order valence-corrected chi connectivity index (χ1v) is 28.6. The highest BCUT2D eigenvalue weighted by Crippen LogP contribution is 2.50.